The number of methoxy groups -OCH3 is 2. The van der Waals surface area contributed by atoms with Crippen LogP contribution in [0.25, 0.3) is 0 Å². The number of rotatable bonds is 6. The molecule has 1 heterocycles. The second kappa shape index (κ2) is 9.12. The van der Waals surface area contributed by atoms with E-state index in [0.29, 0.717) is 6.61 Å². The zero-order chi connectivity index (χ0) is 20.1. The minimum atomic E-state index is -0.197. The third kappa shape index (κ3) is 4.61. The van der Waals surface area contributed by atoms with E-state index < -0.39 is 0 Å². The molecule has 0 bridgehead atoms. The SMILES string of the molecule is COc1ccc([C@@H]2OC[C@@H](Cc3ccccc3)O[C@H]2c2ccc(OC)cc2)cc1. The molecule has 29 heavy (non-hydrogen) atoms. The first-order valence-corrected chi connectivity index (χ1v) is 9.85. The van der Waals surface area contributed by atoms with E-state index in [-0.39, 0.29) is 18.3 Å². The van der Waals surface area contributed by atoms with Crippen molar-refractivity contribution >= 4 is 0 Å². The molecule has 1 aliphatic rings. The molecule has 3 aromatic rings. The molecule has 0 amide bonds. The predicted octanol–water partition coefficient (Wildman–Crippen LogP) is 5.14. The summed E-state index contributed by atoms with van der Waals surface area (Å²) in [6.07, 6.45) is 0.445. The summed E-state index contributed by atoms with van der Waals surface area (Å²) in [6, 6.07) is 26.4. The average molecular weight is 390 g/mol. The van der Waals surface area contributed by atoms with E-state index in [4.69, 9.17) is 18.9 Å². The Morgan fingerprint density at radius 2 is 1.28 bits per heavy atom. The highest BCUT2D eigenvalue weighted by Crippen LogP contribution is 2.40. The molecule has 4 rings (SSSR count). The van der Waals surface area contributed by atoms with Crippen LogP contribution in [0.1, 0.15) is 28.9 Å². The van der Waals surface area contributed by atoms with Gasteiger partial charge in [0.1, 0.15) is 23.7 Å². The van der Waals surface area contributed by atoms with Crippen molar-refractivity contribution in [3.63, 3.8) is 0 Å². The summed E-state index contributed by atoms with van der Waals surface area (Å²) < 4.78 is 23.5. The summed E-state index contributed by atoms with van der Waals surface area (Å²) in [6.45, 7) is 0.554. The van der Waals surface area contributed by atoms with E-state index in [1.807, 2.05) is 54.6 Å². The Morgan fingerprint density at radius 1 is 0.724 bits per heavy atom. The highest BCUT2D eigenvalue weighted by Gasteiger charge is 2.34. The minimum Gasteiger partial charge on any atom is -0.497 e. The van der Waals surface area contributed by atoms with Crippen LogP contribution in [0.4, 0.5) is 0 Å². The van der Waals surface area contributed by atoms with Gasteiger partial charge in [-0.25, -0.2) is 0 Å². The standard InChI is InChI=1S/C25H26O4/c1-26-21-12-8-19(9-13-21)24-25(20-10-14-22(27-2)15-11-20)29-23(17-28-24)16-18-6-4-3-5-7-18/h3-15,23-25H,16-17H2,1-2H3/t23-,24+,25+/m1/s1. The van der Waals surface area contributed by atoms with E-state index >= 15 is 0 Å². The fraction of sp³-hybridized carbons (Fsp3) is 0.280. The highest BCUT2D eigenvalue weighted by molar-refractivity contribution is 5.33. The molecule has 3 aromatic carbocycles. The Kier molecular flexibility index (Phi) is 6.13. The van der Waals surface area contributed by atoms with Crippen LogP contribution in [0.15, 0.2) is 78.9 Å². The molecule has 3 atom stereocenters. The Bertz CT molecular complexity index is 890. The first-order valence-electron chi connectivity index (χ1n) is 9.85. The van der Waals surface area contributed by atoms with Crippen molar-refractivity contribution in [2.75, 3.05) is 20.8 Å². The summed E-state index contributed by atoms with van der Waals surface area (Å²) in [7, 11) is 3.34. The van der Waals surface area contributed by atoms with Crippen molar-refractivity contribution < 1.29 is 18.9 Å². The Balaban J connectivity index is 1.59. The predicted molar refractivity (Wildman–Crippen MR) is 112 cm³/mol. The lowest BCUT2D eigenvalue weighted by Gasteiger charge is -2.37. The lowest BCUT2D eigenvalue weighted by atomic mass is 9.95. The number of hydrogen-bond acceptors (Lipinski definition) is 4. The minimum absolute atomic E-state index is 0.000926. The van der Waals surface area contributed by atoms with Crippen LogP contribution < -0.4 is 9.47 Å². The Morgan fingerprint density at radius 3 is 1.83 bits per heavy atom. The van der Waals surface area contributed by atoms with E-state index in [0.717, 1.165) is 29.0 Å². The summed E-state index contributed by atoms with van der Waals surface area (Å²) in [4.78, 5) is 0. The van der Waals surface area contributed by atoms with Crippen molar-refractivity contribution in [1.29, 1.82) is 0 Å². The maximum absolute atomic E-state index is 6.58. The summed E-state index contributed by atoms with van der Waals surface area (Å²) in [5.74, 6) is 1.65. The lowest BCUT2D eigenvalue weighted by molar-refractivity contribution is -0.185. The quantitative estimate of drug-likeness (QED) is 0.584. The lowest BCUT2D eigenvalue weighted by Crippen LogP contribution is -2.35. The Hall–Kier alpha value is -2.82. The van der Waals surface area contributed by atoms with Gasteiger partial charge >= 0.3 is 0 Å². The van der Waals surface area contributed by atoms with Crippen LogP contribution >= 0.6 is 0 Å². The van der Waals surface area contributed by atoms with E-state index in [9.17, 15) is 0 Å². The maximum atomic E-state index is 6.58. The van der Waals surface area contributed by atoms with E-state index in [1.165, 1.54) is 5.56 Å². The first-order chi connectivity index (χ1) is 14.3. The normalized spacial score (nSPS) is 21.5. The molecule has 0 unspecified atom stereocenters. The van der Waals surface area contributed by atoms with Gasteiger partial charge in [-0.15, -0.1) is 0 Å². The molecule has 4 heteroatoms. The van der Waals surface area contributed by atoms with Crippen LogP contribution in [0.2, 0.25) is 0 Å². The van der Waals surface area contributed by atoms with Crippen LogP contribution in [-0.2, 0) is 15.9 Å². The molecule has 0 spiro atoms. The molecule has 150 valence electrons. The Labute approximate surface area is 172 Å². The van der Waals surface area contributed by atoms with E-state index in [1.54, 1.807) is 14.2 Å². The third-order valence-electron chi connectivity index (χ3n) is 5.27. The molecule has 1 saturated heterocycles. The van der Waals surface area contributed by atoms with Crippen molar-refractivity contribution in [2.45, 2.75) is 24.7 Å². The van der Waals surface area contributed by atoms with Crippen LogP contribution in [0.5, 0.6) is 11.5 Å². The van der Waals surface area contributed by atoms with Gasteiger partial charge in [0.15, 0.2) is 0 Å². The fourth-order valence-corrected chi connectivity index (χ4v) is 3.71. The van der Waals surface area contributed by atoms with Gasteiger partial charge in [-0.3, -0.25) is 0 Å². The van der Waals surface area contributed by atoms with Crippen LogP contribution in [-0.4, -0.2) is 26.9 Å². The van der Waals surface area contributed by atoms with Crippen LogP contribution in [0, 0.1) is 0 Å². The molecule has 0 saturated carbocycles. The second-order valence-electron chi connectivity index (χ2n) is 7.17. The zero-order valence-electron chi connectivity index (χ0n) is 16.8. The van der Waals surface area contributed by atoms with E-state index in [2.05, 4.69) is 24.3 Å². The molecule has 0 aliphatic carbocycles. The molecular weight excluding hydrogens is 364 g/mol. The molecule has 1 aliphatic heterocycles. The van der Waals surface area contributed by atoms with Gasteiger partial charge in [-0.1, -0.05) is 54.6 Å². The first kappa shape index (κ1) is 19.5. The smallest absolute Gasteiger partial charge is 0.118 e. The summed E-state index contributed by atoms with van der Waals surface area (Å²) in [5, 5.41) is 0. The monoisotopic (exact) mass is 390 g/mol. The molecule has 4 nitrogen and oxygen atoms in total. The third-order valence-corrected chi connectivity index (χ3v) is 5.27. The second-order valence-corrected chi connectivity index (χ2v) is 7.17. The topological polar surface area (TPSA) is 36.9 Å². The molecule has 0 N–H and O–H groups in total. The van der Waals surface area contributed by atoms with Gasteiger partial charge < -0.3 is 18.9 Å². The zero-order valence-corrected chi connectivity index (χ0v) is 16.8. The van der Waals surface area contributed by atoms with Crippen molar-refractivity contribution in [3.05, 3.63) is 95.6 Å². The van der Waals surface area contributed by atoms with Crippen molar-refractivity contribution in [3.8, 4) is 11.5 Å². The van der Waals surface area contributed by atoms with Crippen molar-refractivity contribution in [1.82, 2.24) is 0 Å². The van der Waals surface area contributed by atoms with Gasteiger partial charge in [0.25, 0.3) is 0 Å². The summed E-state index contributed by atoms with van der Waals surface area (Å²) >= 11 is 0. The molecule has 0 aromatic heterocycles. The van der Waals surface area contributed by atoms with Gasteiger partial charge in [-0.05, 0) is 41.0 Å². The average Bonchev–Trinajstić information content (AvgIpc) is 2.80. The number of ether oxygens (including phenoxy) is 4. The largest absolute Gasteiger partial charge is 0.497 e. The molecular formula is C25H26O4. The van der Waals surface area contributed by atoms with Gasteiger partial charge in [0.05, 0.1) is 26.9 Å². The fourth-order valence-electron chi connectivity index (χ4n) is 3.71. The van der Waals surface area contributed by atoms with Gasteiger partial charge in [0, 0.05) is 6.42 Å². The van der Waals surface area contributed by atoms with Gasteiger partial charge in [0.2, 0.25) is 0 Å². The van der Waals surface area contributed by atoms with Crippen LogP contribution in [0.3, 0.4) is 0 Å². The van der Waals surface area contributed by atoms with Crippen molar-refractivity contribution in [2.24, 2.45) is 0 Å². The maximum Gasteiger partial charge on any atom is 0.118 e. The highest BCUT2D eigenvalue weighted by atomic mass is 16.6. The molecule has 0 radical (unpaired) electrons. The van der Waals surface area contributed by atoms with Gasteiger partial charge in [-0.2, -0.15) is 0 Å². The molecule has 1 fully saturated rings. The number of hydrogen-bond donors (Lipinski definition) is 0. The summed E-state index contributed by atoms with van der Waals surface area (Å²) in [5.41, 5.74) is 3.40. The number of benzene rings is 3.